The predicted octanol–water partition coefficient (Wildman–Crippen LogP) is 3.86. The molecule has 3 heteroatoms. The number of rotatable bonds is 5. The van der Waals surface area contributed by atoms with Gasteiger partial charge in [0.05, 0.1) is 0 Å². The van der Waals surface area contributed by atoms with Crippen molar-refractivity contribution in [3.8, 4) is 0 Å². The Labute approximate surface area is 140 Å². The van der Waals surface area contributed by atoms with Crippen LogP contribution in [-0.4, -0.2) is 41.9 Å². The van der Waals surface area contributed by atoms with Crippen molar-refractivity contribution in [2.45, 2.75) is 51.5 Å². The molecule has 126 valence electrons. The van der Waals surface area contributed by atoms with E-state index in [9.17, 15) is 4.79 Å². The fraction of sp³-hybridized carbons (Fsp3) is 0.650. The van der Waals surface area contributed by atoms with E-state index in [0.29, 0.717) is 11.9 Å². The normalized spacial score (nSPS) is 21.5. The molecule has 3 rings (SSSR count). The zero-order chi connectivity index (χ0) is 16.1. The molecule has 0 N–H and O–H groups in total. The highest BCUT2D eigenvalue weighted by Gasteiger charge is 2.25. The first-order chi connectivity index (χ1) is 11.2. The van der Waals surface area contributed by atoms with Gasteiger partial charge in [0.1, 0.15) is 0 Å². The van der Waals surface area contributed by atoms with E-state index in [4.69, 9.17) is 0 Å². The number of carbonyl (C=O) groups excluding carboxylic acids is 1. The molecule has 1 aliphatic carbocycles. The van der Waals surface area contributed by atoms with E-state index in [1.807, 2.05) is 0 Å². The number of carbonyl (C=O) groups is 1. The fourth-order valence-corrected chi connectivity index (χ4v) is 4.09. The zero-order valence-electron chi connectivity index (χ0n) is 14.4. The molecule has 1 unspecified atom stereocenters. The quantitative estimate of drug-likeness (QED) is 0.824. The average molecular weight is 314 g/mol. The second-order valence-corrected chi connectivity index (χ2v) is 7.19. The molecule has 0 spiro atoms. The molecule has 0 radical (unpaired) electrons. The molecule has 1 atom stereocenters. The van der Waals surface area contributed by atoms with Crippen molar-refractivity contribution < 1.29 is 4.79 Å². The molecule has 1 aromatic rings. The van der Waals surface area contributed by atoms with Crippen LogP contribution in [0.3, 0.4) is 0 Å². The van der Waals surface area contributed by atoms with Crippen LogP contribution in [0.15, 0.2) is 30.3 Å². The van der Waals surface area contributed by atoms with Gasteiger partial charge in [0, 0.05) is 38.6 Å². The van der Waals surface area contributed by atoms with Gasteiger partial charge in [-0.1, -0.05) is 56.0 Å². The first-order valence-electron chi connectivity index (χ1n) is 9.31. The van der Waals surface area contributed by atoms with Crippen LogP contribution in [0.25, 0.3) is 0 Å². The van der Waals surface area contributed by atoms with Crippen molar-refractivity contribution in [3.05, 3.63) is 35.9 Å². The largest absolute Gasteiger partial charge is 0.340 e. The van der Waals surface area contributed by atoms with E-state index in [1.165, 1.54) is 31.2 Å². The lowest BCUT2D eigenvalue weighted by atomic mass is 10.0. The van der Waals surface area contributed by atoms with Gasteiger partial charge in [-0.15, -0.1) is 0 Å². The van der Waals surface area contributed by atoms with E-state index in [0.717, 1.165) is 44.9 Å². The molecule has 1 aliphatic heterocycles. The highest BCUT2D eigenvalue weighted by atomic mass is 16.2. The smallest absolute Gasteiger partial charge is 0.222 e. The molecule has 1 saturated carbocycles. The molecule has 1 heterocycles. The summed E-state index contributed by atoms with van der Waals surface area (Å²) >= 11 is 0. The summed E-state index contributed by atoms with van der Waals surface area (Å²) in [5, 5.41) is 0. The minimum absolute atomic E-state index is 0.379. The van der Waals surface area contributed by atoms with Gasteiger partial charge < -0.3 is 4.90 Å². The summed E-state index contributed by atoms with van der Waals surface area (Å²) < 4.78 is 0. The first-order valence-corrected chi connectivity index (χ1v) is 9.31. The molecular weight excluding hydrogens is 284 g/mol. The van der Waals surface area contributed by atoms with Crippen molar-refractivity contribution in [2.75, 3.05) is 26.2 Å². The van der Waals surface area contributed by atoms with E-state index >= 15 is 0 Å². The second-order valence-electron chi connectivity index (χ2n) is 7.19. The topological polar surface area (TPSA) is 23.6 Å². The van der Waals surface area contributed by atoms with Crippen LogP contribution in [-0.2, 0) is 4.79 Å². The summed E-state index contributed by atoms with van der Waals surface area (Å²) in [7, 11) is 0. The number of benzene rings is 1. The highest BCUT2D eigenvalue weighted by molar-refractivity contribution is 5.76. The van der Waals surface area contributed by atoms with Gasteiger partial charge in [-0.05, 0) is 24.8 Å². The summed E-state index contributed by atoms with van der Waals surface area (Å²) in [4.78, 5) is 17.0. The Morgan fingerprint density at radius 3 is 2.39 bits per heavy atom. The molecular formula is C20H30N2O. The third-order valence-corrected chi connectivity index (χ3v) is 5.74. The summed E-state index contributed by atoms with van der Waals surface area (Å²) in [5.41, 5.74) is 1.37. The molecule has 1 aromatic carbocycles. The Morgan fingerprint density at radius 2 is 1.74 bits per heavy atom. The Hall–Kier alpha value is -1.35. The van der Waals surface area contributed by atoms with Gasteiger partial charge in [0.15, 0.2) is 0 Å². The second kappa shape index (κ2) is 7.96. The first kappa shape index (κ1) is 16.5. The van der Waals surface area contributed by atoms with Crippen molar-refractivity contribution in [2.24, 2.45) is 5.92 Å². The lowest BCUT2D eigenvalue weighted by Gasteiger charge is -2.38. The molecule has 3 nitrogen and oxygen atoms in total. The maximum absolute atomic E-state index is 12.4. The molecule has 23 heavy (non-hydrogen) atoms. The van der Waals surface area contributed by atoms with E-state index < -0.39 is 0 Å². The van der Waals surface area contributed by atoms with Gasteiger partial charge in [0.2, 0.25) is 5.91 Å². The van der Waals surface area contributed by atoms with Crippen LogP contribution in [0.4, 0.5) is 0 Å². The Morgan fingerprint density at radius 1 is 1.09 bits per heavy atom. The van der Waals surface area contributed by atoms with Crippen LogP contribution in [0.5, 0.6) is 0 Å². The third-order valence-electron chi connectivity index (χ3n) is 5.74. The number of nitrogens with zero attached hydrogens (tertiary/aromatic N) is 2. The van der Waals surface area contributed by atoms with Crippen LogP contribution in [0.1, 0.15) is 57.1 Å². The van der Waals surface area contributed by atoms with Crippen molar-refractivity contribution >= 4 is 5.91 Å². The fourth-order valence-electron chi connectivity index (χ4n) is 4.09. The molecule has 0 aromatic heterocycles. The summed E-state index contributed by atoms with van der Waals surface area (Å²) in [6.45, 7) is 6.03. The molecule has 1 amide bonds. The average Bonchev–Trinajstić information content (AvgIpc) is 3.13. The lowest BCUT2D eigenvalue weighted by Crippen LogP contribution is -2.49. The van der Waals surface area contributed by atoms with E-state index in [2.05, 4.69) is 47.1 Å². The standard InChI is InChI=1S/C20H30N2O/c1-17(19-9-3-2-4-10-19)21-13-15-22(16-14-21)20(23)12-11-18-7-5-6-8-18/h2-4,9-10,17-18H,5-8,11-16H2,1H3. The van der Waals surface area contributed by atoms with Gasteiger partial charge in [-0.2, -0.15) is 0 Å². The molecule has 1 saturated heterocycles. The molecule has 0 bridgehead atoms. The summed E-state index contributed by atoms with van der Waals surface area (Å²) in [5.74, 6) is 1.20. The highest BCUT2D eigenvalue weighted by Crippen LogP contribution is 2.29. The minimum Gasteiger partial charge on any atom is -0.340 e. The number of amides is 1. The summed E-state index contributed by atoms with van der Waals surface area (Å²) in [6.07, 6.45) is 7.30. The lowest BCUT2D eigenvalue weighted by molar-refractivity contribution is -0.133. The van der Waals surface area contributed by atoms with Crippen LogP contribution >= 0.6 is 0 Å². The Kier molecular flexibility index (Phi) is 5.71. The Bertz CT molecular complexity index is 488. The Balaban J connectivity index is 1.43. The maximum atomic E-state index is 12.4. The van der Waals surface area contributed by atoms with Crippen LogP contribution in [0.2, 0.25) is 0 Å². The number of piperazine rings is 1. The molecule has 2 aliphatic rings. The van der Waals surface area contributed by atoms with Gasteiger partial charge in [0.25, 0.3) is 0 Å². The monoisotopic (exact) mass is 314 g/mol. The van der Waals surface area contributed by atoms with E-state index in [-0.39, 0.29) is 0 Å². The van der Waals surface area contributed by atoms with Gasteiger partial charge in [-0.3, -0.25) is 9.69 Å². The SMILES string of the molecule is CC(c1ccccc1)N1CCN(C(=O)CCC2CCCC2)CC1. The number of hydrogen-bond donors (Lipinski definition) is 0. The van der Waals surface area contributed by atoms with Crippen molar-refractivity contribution in [3.63, 3.8) is 0 Å². The van der Waals surface area contributed by atoms with Gasteiger partial charge >= 0.3 is 0 Å². The van der Waals surface area contributed by atoms with Crippen molar-refractivity contribution in [1.82, 2.24) is 9.80 Å². The number of hydrogen-bond acceptors (Lipinski definition) is 2. The zero-order valence-corrected chi connectivity index (χ0v) is 14.4. The van der Waals surface area contributed by atoms with E-state index in [1.54, 1.807) is 0 Å². The third kappa shape index (κ3) is 4.35. The van der Waals surface area contributed by atoms with Gasteiger partial charge in [-0.25, -0.2) is 0 Å². The molecule has 2 fully saturated rings. The minimum atomic E-state index is 0.379. The van der Waals surface area contributed by atoms with Crippen LogP contribution in [0, 0.1) is 5.92 Å². The summed E-state index contributed by atoms with van der Waals surface area (Å²) in [6, 6.07) is 11.1. The van der Waals surface area contributed by atoms with Crippen molar-refractivity contribution in [1.29, 1.82) is 0 Å². The van der Waals surface area contributed by atoms with Crippen LogP contribution < -0.4 is 0 Å². The maximum Gasteiger partial charge on any atom is 0.222 e. The predicted molar refractivity (Wildman–Crippen MR) is 94.2 cm³/mol.